The first-order valence-electron chi connectivity index (χ1n) is 7.84. The number of imidazole rings is 1. The van der Waals surface area contributed by atoms with E-state index in [1.807, 2.05) is 12.4 Å². The molecule has 114 valence electrons. The molecule has 4 nitrogen and oxygen atoms in total. The molecule has 0 radical (unpaired) electrons. The van der Waals surface area contributed by atoms with Gasteiger partial charge in [-0.05, 0) is 38.3 Å². The van der Waals surface area contributed by atoms with Gasteiger partial charge < -0.3 is 9.88 Å². The van der Waals surface area contributed by atoms with Crippen molar-refractivity contribution in [3.63, 3.8) is 0 Å². The lowest BCUT2D eigenvalue weighted by Gasteiger charge is -2.42. The Morgan fingerprint density at radius 3 is 2.95 bits per heavy atom. The van der Waals surface area contributed by atoms with Gasteiger partial charge in [0, 0.05) is 32.5 Å². The molecule has 1 aliphatic carbocycles. The minimum atomic E-state index is 0.437. The Bertz CT molecular complexity index is 410. The van der Waals surface area contributed by atoms with E-state index in [-0.39, 0.29) is 0 Å². The Labute approximate surface area is 123 Å². The van der Waals surface area contributed by atoms with Crippen molar-refractivity contribution in [2.75, 3.05) is 27.2 Å². The van der Waals surface area contributed by atoms with Crippen molar-refractivity contribution in [3.05, 3.63) is 18.2 Å². The molecule has 0 bridgehead atoms. The van der Waals surface area contributed by atoms with Crippen LogP contribution in [0.5, 0.6) is 0 Å². The van der Waals surface area contributed by atoms with E-state index in [0.717, 1.165) is 31.4 Å². The van der Waals surface area contributed by atoms with E-state index in [1.165, 1.54) is 25.7 Å². The fourth-order valence-electron chi connectivity index (χ4n) is 3.92. The lowest BCUT2D eigenvalue weighted by atomic mass is 9.69. The fourth-order valence-corrected chi connectivity index (χ4v) is 3.92. The van der Waals surface area contributed by atoms with Crippen molar-refractivity contribution in [3.8, 4) is 0 Å². The molecule has 4 heteroatoms. The van der Waals surface area contributed by atoms with Crippen molar-refractivity contribution in [1.29, 1.82) is 0 Å². The molecular formula is C16H30N4. The van der Waals surface area contributed by atoms with Crippen LogP contribution < -0.4 is 5.32 Å². The van der Waals surface area contributed by atoms with Crippen LogP contribution in [0.1, 0.15) is 38.4 Å². The summed E-state index contributed by atoms with van der Waals surface area (Å²) in [6.45, 7) is 5.62. The summed E-state index contributed by atoms with van der Waals surface area (Å²) in [7, 11) is 6.38. The summed E-state index contributed by atoms with van der Waals surface area (Å²) in [5.74, 6) is 2.01. The summed E-state index contributed by atoms with van der Waals surface area (Å²) in [4.78, 5) is 6.88. The standard InChI is InChI=1S/C16H30N4/c1-14-6-5-7-16(10-14,12-17-2)13-19(3)11-15-18-8-9-20(15)4/h8-9,14,17H,5-7,10-13H2,1-4H3. The minimum absolute atomic E-state index is 0.437. The van der Waals surface area contributed by atoms with Crippen LogP contribution in [-0.2, 0) is 13.6 Å². The second-order valence-electron chi connectivity index (χ2n) is 6.86. The maximum Gasteiger partial charge on any atom is 0.122 e. The largest absolute Gasteiger partial charge is 0.337 e. The number of aromatic nitrogens is 2. The number of hydrogen-bond donors (Lipinski definition) is 1. The average Bonchev–Trinajstić information content (AvgIpc) is 2.74. The first kappa shape index (κ1) is 15.5. The van der Waals surface area contributed by atoms with E-state index < -0.39 is 0 Å². The van der Waals surface area contributed by atoms with E-state index in [4.69, 9.17) is 0 Å². The summed E-state index contributed by atoms with van der Waals surface area (Å²) in [5.41, 5.74) is 0.437. The van der Waals surface area contributed by atoms with Crippen LogP contribution in [0.25, 0.3) is 0 Å². The second-order valence-corrected chi connectivity index (χ2v) is 6.86. The van der Waals surface area contributed by atoms with Gasteiger partial charge in [-0.1, -0.05) is 19.8 Å². The predicted molar refractivity (Wildman–Crippen MR) is 83.5 cm³/mol. The SMILES string of the molecule is CNCC1(CN(C)Cc2nccn2C)CCCC(C)C1. The fraction of sp³-hybridized carbons (Fsp3) is 0.812. The third-order valence-corrected chi connectivity index (χ3v) is 4.67. The smallest absolute Gasteiger partial charge is 0.122 e. The number of rotatable bonds is 6. The molecular weight excluding hydrogens is 248 g/mol. The number of aryl methyl sites for hydroxylation is 1. The zero-order chi connectivity index (χ0) is 14.6. The molecule has 2 atom stereocenters. The Hall–Kier alpha value is -0.870. The van der Waals surface area contributed by atoms with Gasteiger partial charge in [0.15, 0.2) is 0 Å². The molecule has 0 saturated heterocycles. The highest BCUT2D eigenvalue weighted by molar-refractivity contribution is 4.93. The van der Waals surface area contributed by atoms with Crippen molar-refractivity contribution in [2.24, 2.45) is 18.4 Å². The van der Waals surface area contributed by atoms with Crippen LogP contribution >= 0.6 is 0 Å². The van der Waals surface area contributed by atoms with Crippen LogP contribution in [0.4, 0.5) is 0 Å². The zero-order valence-electron chi connectivity index (χ0n) is 13.5. The lowest BCUT2D eigenvalue weighted by molar-refractivity contribution is 0.0896. The topological polar surface area (TPSA) is 33.1 Å². The van der Waals surface area contributed by atoms with Gasteiger partial charge in [-0.2, -0.15) is 0 Å². The van der Waals surface area contributed by atoms with E-state index in [1.54, 1.807) is 0 Å². The molecule has 20 heavy (non-hydrogen) atoms. The molecule has 0 amide bonds. The molecule has 2 unspecified atom stereocenters. The predicted octanol–water partition coefficient (Wildman–Crippen LogP) is 2.27. The van der Waals surface area contributed by atoms with Gasteiger partial charge in [0.05, 0.1) is 6.54 Å². The van der Waals surface area contributed by atoms with Crippen LogP contribution in [0.2, 0.25) is 0 Å². The molecule has 0 aliphatic heterocycles. The Morgan fingerprint density at radius 1 is 1.55 bits per heavy atom. The maximum absolute atomic E-state index is 4.44. The van der Waals surface area contributed by atoms with Gasteiger partial charge in [0.2, 0.25) is 0 Å². The Balaban J connectivity index is 1.98. The normalized spacial score (nSPS) is 27.1. The first-order chi connectivity index (χ1) is 9.54. The van der Waals surface area contributed by atoms with Crippen molar-refractivity contribution in [1.82, 2.24) is 19.8 Å². The quantitative estimate of drug-likeness (QED) is 0.866. The van der Waals surface area contributed by atoms with Gasteiger partial charge in [-0.15, -0.1) is 0 Å². The van der Waals surface area contributed by atoms with Crippen molar-refractivity contribution in [2.45, 2.75) is 39.2 Å². The molecule has 1 aromatic rings. The van der Waals surface area contributed by atoms with Gasteiger partial charge in [0.1, 0.15) is 5.82 Å². The molecule has 1 aliphatic rings. The highest BCUT2D eigenvalue weighted by Gasteiger charge is 2.35. The average molecular weight is 278 g/mol. The van der Waals surface area contributed by atoms with Gasteiger partial charge in [0.25, 0.3) is 0 Å². The molecule has 1 heterocycles. The molecule has 1 saturated carbocycles. The second kappa shape index (κ2) is 6.72. The third-order valence-electron chi connectivity index (χ3n) is 4.67. The van der Waals surface area contributed by atoms with Gasteiger partial charge >= 0.3 is 0 Å². The molecule has 0 spiro atoms. The van der Waals surface area contributed by atoms with E-state index in [0.29, 0.717) is 5.41 Å². The summed E-state index contributed by atoms with van der Waals surface area (Å²) in [6, 6.07) is 0. The van der Waals surface area contributed by atoms with Crippen LogP contribution in [0, 0.1) is 11.3 Å². The molecule has 1 aromatic heterocycles. The van der Waals surface area contributed by atoms with Crippen molar-refractivity contribution < 1.29 is 0 Å². The third kappa shape index (κ3) is 3.83. The summed E-state index contributed by atoms with van der Waals surface area (Å²) in [6.07, 6.45) is 9.37. The van der Waals surface area contributed by atoms with Crippen molar-refractivity contribution >= 4 is 0 Å². The number of nitrogens with zero attached hydrogens (tertiary/aromatic N) is 3. The number of nitrogens with one attached hydrogen (secondary N) is 1. The molecule has 1 fully saturated rings. The van der Waals surface area contributed by atoms with Gasteiger partial charge in [-0.25, -0.2) is 4.98 Å². The zero-order valence-corrected chi connectivity index (χ0v) is 13.5. The van der Waals surface area contributed by atoms with Crippen LogP contribution in [-0.4, -0.2) is 41.6 Å². The Morgan fingerprint density at radius 2 is 2.35 bits per heavy atom. The van der Waals surface area contributed by atoms with Gasteiger partial charge in [-0.3, -0.25) is 4.90 Å². The summed E-state index contributed by atoms with van der Waals surface area (Å²) in [5, 5.41) is 3.43. The van der Waals surface area contributed by atoms with E-state index in [2.05, 4.69) is 47.8 Å². The van der Waals surface area contributed by atoms with Crippen LogP contribution in [0.3, 0.4) is 0 Å². The minimum Gasteiger partial charge on any atom is -0.337 e. The van der Waals surface area contributed by atoms with Crippen LogP contribution in [0.15, 0.2) is 12.4 Å². The van der Waals surface area contributed by atoms with E-state index >= 15 is 0 Å². The molecule has 2 rings (SSSR count). The maximum atomic E-state index is 4.44. The van der Waals surface area contributed by atoms with E-state index in [9.17, 15) is 0 Å². The first-order valence-corrected chi connectivity index (χ1v) is 7.84. The Kier molecular flexibility index (Phi) is 5.22. The highest BCUT2D eigenvalue weighted by Crippen LogP contribution is 2.39. The molecule has 1 N–H and O–H groups in total. The summed E-state index contributed by atoms with van der Waals surface area (Å²) < 4.78 is 2.12. The monoisotopic (exact) mass is 278 g/mol. The highest BCUT2D eigenvalue weighted by atomic mass is 15.2. The molecule has 0 aromatic carbocycles. The number of hydrogen-bond acceptors (Lipinski definition) is 3. The summed E-state index contributed by atoms with van der Waals surface area (Å²) >= 11 is 0. The lowest BCUT2D eigenvalue weighted by Crippen LogP contribution is -2.45.